The average molecular weight is 434 g/mol. The number of nitrogens with zero attached hydrogens (tertiary/aromatic N) is 2. The molecule has 1 saturated carbocycles. The summed E-state index contributed by atoms with van der Waals surface area (Å²) < 4.78 is 1.99. The summed E-state index contributed by atoms with van der Waals surface area (Å²) in [5.74, 6) is 0.679. The molecule has 162 valence electrons. The fourth-order valence-electron chi connectivity index (χ4n) is 4.41. The lowest BCUT2D eigenvalue weighted by Crippen LogP contribution is -2.12. The van der Waals surface area contributed by atoms with Gasteiger partial charge in [0.25, 0.3) is 5.91 Å². The van der Waals surface area contributed by atoms with E-state index in [0.717, 1.165) is 28.7 Å². The molecule has 2 aliphatic carbocycles. The number of benzene rings is 3. The minimum atomic E-state index is -0.130. The van der Waals surface area contributed by atoms with Gasteiger partial charge in [-0.05, 0) is 90.9 Å². The van der Waals surface area contributed by atoms with Crippen molar-refractivity contribution < 1.29 is 9.59 Å². The number of anilines is 1. The molecule has 33 heavy (non-hydrogen) atoms. The lowest BCUT2D eigenvalue weighted by atomic mass is 10.1. The fourth-order valence-corrected chi connectivity index (χ4v) is 4.41. The standard InChI is InChI=1S/C28H23N3O2/c32-27(14-18-4-5-18)20-8-11-24(12-9-20)31-17-29-25-16-23(10-13-26(25)31)30-28(33)22-7-6-19-2-1-3-21(19)15-22/h1-2,6-13,15-18H,3-5,14H2,(H,30,33). The highest BCUT2D eigenvalue weighted by Gasteiger charge is 2.24. The van der Waals surface area contributed by atoms with E-state index < -0.39 is 0 Å². The molecule has 0 unspecified atom stereocenters. The lowest BCUT2D eigenvalue weighted by Gasteiger charge is -2.09. The molecular formula is C28H23N3O2. The maximum Gasteiger partial charge on any atom is 0.255 e. The van der Waals surface area contributed by atoms with Crippen molar-refractivity contribution in [2.75, 3.05) is 5.32 Å². The summed E-state index contributed by atoms with van der Waals surface area (Å²) >= 11 is 0. The smallest absolute Gasteiger partial charge is 0.255 e. The van der Waals surface area contributed by atoms with E-state index in [1.54, 1.807) is 6.33 Å². The van der Waals surface area contributed by atoms with Gasteiger partial charge in [-0.3, -0.25) is 14.2 Å². The second-order valence-electron chi connectivity index (χ2n) is 8.91. The van der Waals surface area contributed by atoms with E-state index in [-0.39, 0.29) is 11.7 Å². The van der Waals surface area contributed by atoms with Crippen molar-refractivity contribution in [3.05, 3.63) is 95.3 Å². The van der Waals surface area contributed by atoms with Crippen molar-refractivity contribution in [2.24, 2.45) is 5.92 Å². The molecule has 5 nitrogen and oxygen atoms in total. The Kier molecular flexibility index (Phi) is 4.68. The number of carbonyl (C=O) groups is 2. The molecule has 1 aromatic heterocycles. The van der Waals surface area contributed by atoms with Gasteiger partial charge in [0, 0.05) is 28.9 Å². The minimum absolute atomic E-state index is 0.130. The minimum Gasteiger partial charge on any atom is -0.322 e. The van der Waals surface area contributed by atoms with Crippen molar-refractivity contribution in [1.82, 2.24) is 9.55 Å². The Morgan fingerprint density at radius 3 is 2.61 bits per heavy atom. The van der Waals surface area contributed by atoms with Crippen molar-refractivity contribution in [3.63, 3.8) is 0 Å². The van der Waals surface area contributed by atoms with Crippen LogP contribution in [0.15, 0.2) is 73.1 Å². The van der Waals surface area contributed by atoms with Crippen molar-refractivity contribution in [2.45, 2.75) is 25.7 Å². The van der Waals surface area contributed by atoms with Gasteiger partial charge in [-0.25, -0.2) is 4.98 Å². The molecule has 0 bridgehead atoms. The Bertz CT molecular complexity index is 1430. The molecule has 6 rings (SSSR count). The number of fused-ring (bicyclic) bond motifs is 2. The first-order chi connectivity index (χ1) is 16.1. The normalized spacial score (nSPS) is 14.4. The van der Waals surface area contributed by atoms with Crippen LogP contribution in [0, 0.1) is 5.92 Å². The van der Waals surface area contributed by atoms with Crippen LogP contribution in [0.4, 0.5) is 5.69 Å². The monoisotopic (exact) mass is 433 g/mol. The van der Waals surface area contributed by atoms with Crippen molar-refractivity contribution in [3.8, 4) is 5.69 Å². The molecule has 1 heterocycles. The van der Waals surface area contributed by atoms with E-state index >= 15 is 0 Å². The number of carbonyl (C=O) groups excluding carboxylic acids is 2. The lowest BCUT2D eigenvalue weighted by molar-refractivity contribution is 0.0974. The van der Waals surface area contributed by atoms with Gasteiger partial charge in [0.15, 0.2) is 5.78 Å². The fraction of sp³-hybridized carbons (Fsp3) is 0.179. The SMILES string of the molecule is O=C(CC1CC1)c1ccc(-n2cnc3cc(NC(=O)c4ccc5c(c4)CC=C5)ccc32)cc1. The largest absolute Gasteiger partial charge is 0.322 e. The number of hydrogen-bond donors (Lipinski definition) is 1. The summed E-state index contributed by atoms with van der Waals surface area (Å²) in [5, 5.41) is 2.98. The highest BCUT2D eigenvalue weighted by molar-refractivity contribution is 6.05. The highest BCUT2D eigenvalue weighted by Crippen LogP contribution is 2.33. The van der Waals surface area contributed by atoms with Gasteiger partial charge in [0.1, 0.15) is 6.33 Å². The van der Waals surface area contributed by atoms with E-state index in [4.69, 9.17) is 0 Å². The number of imidazole rings is 1. The number of Topliss-reactive ketones (excluding diaryl/α,β-unsaturated/α-hetero) is 1. The third-order valence-electron chi connectivity index (χ3n) is 6.48. The molecule has 1 N–H and O–H groups in total. The summed E-state index contributed by atoms with van der Waals surface area (Å²) in [5.41, 5.74) is 7.16. The van der Waals surface area contributed by atoms with Crippen molar-refractivity contribution in [1.29, 1.82) is 0 Å². The Balaban J connectivity index is 1.20. The van der Waals surface area contributed by atoms with Crippen LogP contribution in [0.3, 0.4) is 0 Å². The van der Waals surface area contributed by atoms with Crippen LogP contribution in [-0.2, 0) is 6.42 Å². The zero-order valence-electron chi connectivity index (χ0n) is 18.1. The van der Waals surface area contributed by atoms with E-state index in [2.05, 4.69) is 22.5 Å². The summed E-state index contributed by atoms with van der Waals surface area (Å²) in [4.78, 5) is 29.6. The topological polar surface area (TPSA) is 64.0 Å². The van der Waals surface area contributed by atoms with Gasteiger partial charge in [0.2, 0.25) is 0 Å². The Labute approximate surface area is 191 Å². The van der Waals surface area contributed by atoms with Gasteiger partial charge in [-0.2, -0.15) is 0 Å². The van der Waals surface area contributed by atoms with E-state index in [0.29, 0.717) is 23.6 Å². The molecule has 0 spiro atoms. The second-order valence-corrected chi connectivity index (χ2v) is 8.91. The van der Waals surface area contributed by atoms with Crippen LogP contribution in [0.2, 0.25) is 0 Å². The zero-order chi connectivity index (χ0) is 22.4. The molecular weight excluding hydrogens is 410 g/mol. The Morgan fingerprint density at radius 2 is 1.79 bits per heavy atom. The number of rotatable bonds is 6. The summed E-state index contributed by atoms with van der Waals surface area (Å²) in [7, 11) is 0. The second kappa shape index (κ2) is 7.85. The van der Waals surface area contributed by atoms with Gasteiger partial charge in [0.05, 0.1) is 11.0 Å². The molecule has 1 fully saturated rings. The van der Waals surface area contributed by atoms with Gasteiger partial charge < -0.3 is 5.32 Å². The number of allylic oxidation sites excluding steroid dienone is 1. The Hall–Kier alpha value is -3.99. The van der Waals surface area contributed by atoms with E-state index in [1.807, 2.05) is 65.2 Å². The van der Waals surface area contributed by atoms with E-state index in [9.17, 15) is 9.59 Å². The van der Waals surface area contributed by atoms with Crippen LogP contribution in [-0.4, -0.2) is 21.2 Å². The first-order valence-electron chi connectivity index (χ1n) is 11.4. The molecule has 5 heteroatoms. The average Bonchev–Trinajstić information content (AvgIpc) is 3.36. The molecule has 0 radical (unpaired) electrons. The zero-order valence-corrected chi connectivity index (χ0v) is 18.1. The summed E-state index contributed by atoms with van der Waals surface area (Å²) in [6, 6.07) is 19.2. The molecule has 3 aromatic carbocycles. The number of nitrogens with one attached hydrogen (secondary N) is 1. The highest BCUT2D eigenvalue weighted by atomic mass is 16.1. The van der Waals surface area contributed by atoms with Crippen LogP contribution < -0.4 is 5.32 Å². The molecule has 2 aliphatic rings. The molecule has 0 aliphatic heterocycles. The number of amides is 1. The molecule has 0 saturated heterocycles. The first-order valence-corrected chi connectivity index (χ1v) is 11.4. The molecule has 0 atom stereocenters. The van der Waals surface area contributed by atoms with Crippen LogP contribution in [0.5, 0.6) is 0 Å². The molecule has 1 amide bonds. The van der Waals surface area contributed by atoms with Gasteiger partial charge in [-0.15, -0.1) is 0 Å². The Morgan fingerprint density at radius 1 is 0.970 bits per heavy atom. The maximum atomic E-state index is 12.7. The van der Waals surface area contributed by atoms with Crippen LogP contribution in [0.1, 0.15) is 51.1 Å². The molecule has 4 aromatic rings. The third-order valence-corrected chi connectivity index (χ3v) is 6.48. The number of aromatic nitrogens is 2. The third kappa shape index (κ3) is 3.87. The van der Waals surface area contributed by atoms with Gasteiger partial charge >= 0.3 is 0 Å². The van der Waals surface area contributed by atoms with Gasteiger partial charge in [-0.1, -0.05) is 18.2 Å². The van der Waals surface area contributed by atoms with Crippen LogP contribution in [0.25, 0.3) is 22.8 Å². The quantitative estimate of drug-likeness (QED) is 0.389. The first kappa shape index (κ1) is 19.7. The maximum absolute atomic E-state index is 12.7. The summed E-state index contributed by atoms with van der Waals surface area (Å²) in [6.07, 6.45) is 9.84. The summed E-state index contributed by atoms with van der Waals surface area (Å²) in [6.45, 7) is 0. The predicted octanol–water partition coefficient (Wildman–Crippen LogP) is 5.83. The predicted molar refractivity (Wildman–Crippen MR) is 130 cm³/mol. The van der Waals surface area contributed by atoms with E-state index in [1.165, 1.54) is 24.0 Å². The number of hydrogen-bond acceptors (Lipinski definition) is 3. The number of ketones is 1. The van der Waals surface area contributed by atoms with Crippen LogP contribution >= 0.6 is 0 Å². The van der Waals surface area contributed by atoms with Crippen molar-refractivity contribution >= 4 is 34.5 Å².